The lowest BCUT2D eigenvalue weighted by Gasteiger charge is -2.25. The summed E-state index contributed by atoms with van der Waals surface area (Å²) in [5, 5.41) is 12.3. The zero-order chi connectivity index (χ0) is 15.9. The molecule has 0 amide bonds. The molecule has 0 saturated carbocycles. The van der Waals surface area contributed by atoms with Crippen LogP contribution in [0.25, 0.3) is 0 Å². The molecule has 2 N–H and O–H groups in total. The fourth-order valence-corrected chi connectivity index (χ4v) is 3.71. The van der Waals surface area contributed by atoms with Crippen LogP contribution in [0.3, 0.4) is 0 Å². The van der Waals surface area contributed by atoms with Crippen LogP contribution in [-0.2, 0) is 16.6 Å². The van der Waals surface area contributed by atoms with Gasteiger partial charge in [-0.3, -0.25) is 0 Å². The highest BCUT2D eigenvalue weighted by atomic mass is 32.2. The standard InChI is InChI=1S/C15H26N2O3S/c1-4-9-16-12-14-5-7-15(8-6-14)21(19,20)17(10-11-18)13(2)3/h5-8,13,16,18H,4,9-12H2,1-3H3. The van der Waals surface area contributed by atoms with Crippen LogP contribution in [0.15, 0.2) is 29.2 Å². The van der Waals surface area contributed by atoms with Crippen molar-refractivity contribution in [2.45, 2.75) is 44.7 Å². The smallest absolute Gasteiger partial charge is 0.243 e. The van der Waals surface area contributed by atoms with E-state index in [1.807, 2.05) is 12.1 Å². The van der Waals surface area contributed by atoms with E-state index in [0.29, 0.717) is 0 Å². The summed E-state index contributed by atoms with van der Waals surface area (Å²) in [7, 11) is -3.55. The number of hydrogen-bond donors (Lipinski definition) is 2. The van der Waals surface area contributed by atoms with Gasteiger partial charge in [0.25, 0.3) is 0 Å². The van der Waals surface area contributed by atoms with Gasteiger partial charge in [-0.15, -0.1) is 0 Å². The van der Waals surface area contributed by atoms with Gasteiger partial charge in [-0.2, -0.15) is 4.31 Å². The Morgan fingerprint density at radius 3 is 2.33 bits per heavy atom. The van der Waals surface area contributed by atoms with Crippen LogP contribution in [0.1, 0.15) is 32.8 Å². The molecule has 0 aliphatic carbocycles. The normalized spacial score (nSPS) is 12.3. The Labute approximate surface area is 128 Å². The summed E-state index contributed by atoms with van der Waals surface area (Å²) in [6.07, 6.45) is 1.07. The van der Waals surface area contributed by atoms with Gasteiger partial charge in [-0.25, -0.2) is 8.42 Å². The molecule has 1 rings (SSSR count). The van der Waals surface area contributed by atoms with Crippen molar-refractivity contribution >= 4 is 10.0 Å². The quantitative estimate of drug-likeness (QED) is 0.679. The lowest BCUT2D eigenvalue weighted by Crippen LogP contribution is -2.38. The molecule has 0 radical (unpaired) electrons. The molecule has 0 spiro atoms. The molecule has 0 saturated heterocycles. The van der Waals surface area contributed by atoms with Gasteiger partial charge >= 0.3 is 0 Å². The fourth-order valence-electron chi connectivity index (χ4n) is 2.08. The number of aliphatic hydroxyl groups is 1. The molecule has 0 aliphatic rings. The van der Waals surface area contributed by atoms with Gasteiger partial charge in [-0.05, 0) is 44.5 Å². The number of nitrogens with one attached hydrogen (secondary N) is 1. The number of benzene rings is 1. The second-order valence-electron chi connectivity index (χ2n) is 5.25. The van der Waals surface area contributed by atoms with E-state index in [9.17, 15) is 8.42 Å². The lowest BCUT2D eigenvalue weighted by atomic mass is 10.2. The monoisotopic (exact) mass is 314 g/mol. The summed E-state index contributed by atoms with van der Waals surface area (Å²) in [6, 6.07) is 6.73. The summed E-state index contributed by atoms with van der Waals surface area (Å²) in [4.78, 5) is 0.267. The molecule has 21 heavy (non-hydrogen) atoms. The minimum Gasteiger partial charge on any atom is -0.395 e. The van der Waals surface area contributed by atoms with E-state index in [1.165, 1.54) is 4.31 Å². The first-order valence-corrected chi connectivity index (χ1v) is 8.79. The van der Waals surface area contributed by atoms with Crippen molar-refractivity contribution in [2.75, 3.05) is 19.7 Å². The molecule has 6 heteroatoms. The maximum absolute atomic E-state index is 12.5. The highest BCUT2D eigenvalue weighted by Gasteiger charge is 2.26. The summed E-state index contributed by atoms with van der Waals surface area (Å²) >= 11 is 0. The maximum Gasteiger partial charge on any atom is 0.243 e. The predicted octanol–water partition coefficient (Wildman–Crippen LogP) is 1.58. The number of sulfonamides is 1. The Morgan fingerprint density at radius 1 is 1.24 bits per heavy atom. The van der Waals surface area contributed by atoms with Crippen LogP contribution < -0.4 is 5.32 Å². The molecular formula is C15H26N2O3S. The van der Waals surface area contributed by atoms with Crippen molar-refractivity contribution in [2.24, 2.45) is 0 Å². The molecule has 5 nitrogen and oxygen atoms in total. The van der Waals surface area contributed by atoms with Gasteiger partial charge in [0.2, 0.25) is 10.0 Å². The van der Waals surface area contributed by atoms with Crippen molar-refractivity contribution in [3.63, 3.8) is 0 Å². The van der Waals surface area contributed by atoms with Crippen molar-refractivity contribution in [1.82, 2.24) is 9.62 Å². The molecule has 120 valence electrons. The van der Waals surface area contributed by atoms with Crippen LogP contribution in [-0.4, -0.2) is 43.6 Å². The largest absolute Gasteiger partial charge is 0.395 e. The number of hydrogen-bond acceptors (Lipinski definition) is 4. The topological polar surface area (TPSA) is 69.6 Å². The third kappa shape index (κ3) is 5.07. The highest BCUT2D eigenvalue weighted by Crippen LogP contribution is 2.18. The van der Waals surface area contributed by atoms with Crippen molar-refractivity contribution < 1.29 is 13.5 Å². The first-order chi connectivity index (χ1) is 9.93. The van der Waals surface area contributed by atoms with Crippen LogP contribution >= 0.6 is 0 Å². The van der Waals surface area contributed by atoms with Crippen LogP contribution in [0.2, 0.25) is 0 Å². The molecule has 0 heterocycles. The molecule has 0 bridgehead atoms. The first kappa shape index (κ1) is 18.1. The van der Waals surface area contributed by atoms with E-state index in [-0.39, 0.29) is 24.1 Å². The van der Waals surface area contributed by atoms with Gasteiger partial charge in [0.1, 0.15) is 0 Å². The number of nitrogens with zero attached hydrogens (tertiary/aromatic N) is 1. The Bertz CT molecular complexity index is 512. The summed E-state index contributed by atoms with van der Waals surface area (Å²) < 4.78 is 26.4. The molecule has 0 fully saturated rings. The van der Waals surface area contributed by atoms with E-state index >= 15 is 0 Å². The van der Waals surface area contributed by atoms with E-state index in [4.69, 9.17) is 5.11 Å². The van der Waals surface area contributed by atoms with Crippen molar-refractivity contribution in [3.05, 3.63) is 29.8 Å². The second-order valence-corrected chi connectivity index (χ2v) is 7.14. The summed E-state index contributed by atoms with van der Waals surface area (Å²) in [5.74, 6) is 0. The molecule has 0 atom stereocenters. The highest BCUT2D eigenvalue weighted by molar-refractivity contribution is 7.89. The molecule has 0 aromatic heterocycles. The summed E-state index contributed by atoms with van der Waals surface area (Å²) in [5.41, 5.74) is 1.06. The van der Waals surface area contributed by atoms with E-state index in [0.717, 1.165) is 25.1 Å². The number of aliphatic hydroxyl groups excluding tert-OH is 1. The van der Waals surface area contributed by atoms with Gasteiger partial charge in [0.05, 0.1) is 11.5 Å². The molecule has 0 unspecified atom stereocenters. The van der Waals surface area contributed by atoms with Crippen LogP contribution in [0.5, 0.6) is 0 Å². The fraction of sp³-hybridized carbons (Fsp3) is 0.600. The van der Waals surface area contributed by atoms with Crippen LogP contribution in [0.4, 0.5) is 0 Å². The predicted molar refractivity (Wildman–Crippen MR) is 84.6 cm³/mol. The van der Waals surface area contributed by atoms with E-state index < -0.39 is 10.0 Å². The molecular weight excluding hydrogens is 288 g/mol. The summed E-state index contributed by atoms with van der Waals surface area (Å²) in [6.45, 7) is 7.31. The first-order valence-electron chi connectivity index (χ1n) is 7.35. The van der Waals surface area contributed by atoms with Gasteiger partial charge < -0.3 is 10.4 Å². The van der Waals surface area contributed by atoms with E-state index in [2.05, 4.69) is 12.2 Å². The van der Waals surface area contributed by atoms with Gasteiger partial charge in [0, 0.05) is 19.1 Å². The van der Waals surface area contributed by atoms with Crippen molar-refractivity contribution in [1.29, 1.82) is 0 Å². The maximum atomic E-state index is 12.5. The third-order valence-electron chi connectivity index (χ3n) is 3.18. The number of rotatable bonds is 9. The zero-order valence-corrected chi connectivity index (χ0v) is 13.9. The third-order valence-corrected chi connectivity index (χ3v) is 5.27. The Hall–Kier alpha value is -0.950. The average molecular weight is 314 g/mol. The average Bonchev–Trinajstić information content (AvgIpc) is 2.45. The second kappa shape index (κ2) is 8.48. The van der Waals surface area contributed by atoms with Gasteiger partial charge in [-0.1, -0.05) is 19.1 Å². The zero-order valence-electron chi connectivity index (χ0n) is 13.0. The van der Waals surface area contributed by atoms with E-state index in [1.54, 1.807) is 26.0 Å². The minimum absolute atomic E-state index is 0.111. The van der Waals surface area contributed by atoms with Crippen molar-refractivity contribution in [3.8, 4) is 0 Å². The molecule has 1 aromatic carbocycles. The SMILES string of the molecule is CCCNCc1ccc(S(=O)(=O)N(CCO)C(C)C)cc1. The van der Waals surface area contributed by atoms with Gasteiger partial charge in [0.15, 0.2) is 0 Å². The molecule has 1 aromatic rings. The molecule has 0 aliphatic heterocycles. The van der Waals surface area contributed by atoms with Crippen LogP contribution in [0, 0.1) is 0 Å². The minimum atomic E-state index is -3.55. The Morgan fingerprint density at radius 2 is 1.86 bits per heavy atom. The Balaban J connectivity index is 2.88. The lowest BCUT2D eigenvalue weighted by molar-refractivity contribution is 0.236. The Kier molecular flexibility index (Phi) is 7.31.